The van der Waals surface area contributed by atoms with Gasteiger partial charge in [-0.05, 0) is 81.7 Å². The third kappa shape index (κ3) is 6.12. The van der Waals surface area contributed by atoms with Gasteiger partial charge in [0.25, 0.3) is 11.7 Å². The number of benzene rings is 2. The number of rotatable bonds is 11. The highest BCUT2D eigenvalue weighted by Crippen LogP contribution is 2.40. The van der Waals surface area contributed by atoms with Gasteiger partial charge in [0.2, 0.25) is 0 Å². The molecule has 0 bridgehead atoms. The molecular weight excluding hydrogens is 440 g/mol. The van der Waals surface area contributed by atoms with Crippen LogP contribution in [-0.2, 0) is 16.0 Å². The number of aliphatic hydroxyl groups is 1. The molecule has 0 aliphatic carbocycles. The average Bonchev–Trinajstić information content (AvgIpc) is 3.09. The molecule has 1 saturated heterocycles. The number of ketones is 1. The van der Waals surface area contributed by atoms with Crippen molar-refractivity contribution in [3.8, 4) is 5.75 Å². The third-order valence-corrected chi connectivity index (χ3v) is 6.45. The zero-order valence-electron chi connectivity index (χ0n) is 21.6. The molecule has 0 saturated carbocycles. The maximum Gasteiger partial charge on any atom is 0.295 e. The molecule has 1 amide bonds. The van der Waals surface area contributed by atoms with Gasteiger partial charge in [0.1, 0.15) is 11.5 Å². The van der Waals surface area contributed by atoms with E-state index >= 15 is 0 Å². The molecule has 6 nitrogen and oxygen atoms in total. The second-order valence-corrected chi connectivity index (χ2v) is 9.43. The number of hydrogen-bond donors (Lipinski definition) is 1. The zero-order valence-corrected chi connectivity index (χ0v) is 21.6. The Bertz CT molecular complexity index is 1070. The van der Waals surface area contributed by atoms with Gasteiger partial charge in [0.05, 0.1) is 18.2 Å². The van der Waals surface area contributed by atoms with Crippen LogP contribution in [0.25, 0.3) is 5.76 Å². The van der Waals surface area contributed by atoms with Crippen molar-refractivity contribution < 1.29 is 19.4 Å². The van der Waals surface area contributed by atoms with E-state index in [-0.39, 0.29) is 11.3 Å². The van der Waals surface area contributed by atoms with Crippen LogP contribution in [-0.4, -0.2) is 60.4 Å². The number of nitrogens with zero attached hydrogens (tertiary/aromatic N) is 2. The van der Waals surface area contributed by atoms with Crippen LogP contribution in [0, 0.1) is 6.92 Å². The number of hydrogen-bond acceptors (Lipinski definition) is 5. The van der Waals surface area contributed by atoms with Crippen molar-refractivity contribution in [2.45, 2.75) is 52.5 Å². The number of carbonyl (C=O) groups is 2. The van der Waals surface area contributed by atoms with E-state index in [0.29, 0.717) is 18.7 Å². The Hall–Kier alpha value is -3.12. The molecule has 2 aromatic carbocycles. The Morgan fingerprint density at radius 1 is 1.06 bits per heavy atom. The molecule has 1 N–H and O–H groups in total. The summed E-state index contributed by atoms with van der Waals surface area (Å²) in [5, 5.41) is 11.3. The van der Waals surface area contributed by atoms with Crippen LogP contribution < -0.4 is 4.74 Å². The molecule has 1 atom stereocenters. The summed E-state index contributed by atoms with van der Waals surface area (Å²) >= 11 is 0. The summed E-state index contributed by atoms with van der Waals surface area (Å²) in [5.74, 6) is -0.596. The van der Waals surface area contributed by atoms with Crippen molar-refractivity contribution in [2.75, 3.05) is 33.8 Å². The number of likely N-dealkylation sites (tertiary alicyclic amines) is 1. The fourth-order valence-electron chi connectivity index (χ4n) is 4.39. The van der Waals surface area contributed by atoms with Gasteiger partial charge in [-0.2, -0.15) is 0 Å². The first-order valence-corrected chi connectivity index (χ1v) is 12.5. The number of aryl methyl sites for hydroxylation is 2. The highest BCUT2D eigenvalue weighted by molar-refractivity contribution is 6.46. The van der Waals surface area contributed by atoms with Crippen molar-refractivity contribution in [1.82, 2.24) is 9.80 Å². The maximum absolute atomic E-state index is 13.2. The molecule has 0 aromatic heterocycles. The van der Waals surface area contributed by atoms with Crippen LogP contribution in [0.2, 0.25) is 0 Å². The van der Waals surface area contributed by atoms with Gasteiger partial charge in [-0.1, -0.05) is 44.5 Å². The topological polar surface area (TPSA) is 70.1 Å². The number of aliphatic hydroxyl groups excluding tert-OH is 1. The lowest BCUT2D eigenvalue weighted by atomic mass is 9.94. The van der Waals surface area contributed by atoms with Crippen LogP contribution in [0.4, 0.5) is 0 Å². The zero-order chi connectivity index (χ0) is 25.5. The number of ether oxygens (including phenoxy) is 1. The van der Waals surface area contributed by atoms with Gasteiger partial charge < -0.3 is 19.6 Å². The van der Waals surface area contributed by atoms with Crippen molar-refractivity contribution in [3.63, 3.8) is 0 Å². The predicted octanol–water partition coefficient (Wildman–Crippen LogP) is 5.11. The number of Topliss-reactive ketones (excluding diaryl/α,β-unsaturated/α-hetero) is 1. The summed E-state index contributed by atoms with van der Waals surface area (Å²) in [6.07, 6.45) is 3.64. The summed E-state index contributed by atoms with van der Waals surface area (Å²) < 4.78 is 5.84. The first kappa shape index (κ1) is 26.5. The van der Waals surface area contributed by atoms with E-state index in [0.717, 1.165) is 49.1 Å². The molecule has 1 heterocycles. The second-order valence-electron chi connectivity index (χ2n) is 9.43. The molecule has 35 heavy (non-hydrogen) atoms. The van der Waals surface area contributed by atoms with Gasteiger partial charge in [-0.3, -0.25) is 9.59 Å². The van der Waals surface area contributed by atoms with E-state index in [1.54, 1.807) is 11.0 Å². The van der Waals surface area contributed by atoms with Crippen molar-refractivity contribution >= 4 is 17.4 Å². The minimum atomic E-state index is -0.641. The number of unbranched alkanes of at least 4 members (excludes halogenated alkanes) is 1. The van der Waals surface area contributed by atoms with Gasteiger partial charge in [0.15, 0.2) is 0 Å². The SMILES string of the molecule is CCCCOc1ccc(C(O)=C2C(=O)C(=O)N(CCCN(C)C)[C@@H]2c2ccc(CC)cc2)cc1C. The fourth-order valence-corrected chi connectivity index (χ4v) is 4.39. The lowest BCUT2D eigenvalue weighted by Gasteiger charge is -2.26. The van der Waals surface area contributed by atoms with E-state index in [2.05, 4.69) is 18.7 Å². The smallest absolute Gasteiger partial charge is 0.295 e. The van der Waals surface area contributed by atoms with Crippen molar-refractivity contribution in [2.24, 2.45) is 0 Å². The molecule has 188 valence electrons. The van der Waals surface area contributed by atoms with Gasteiger partial charge in [0, 0.05) is 12.1 Å². The Labute approximate surface area is 209 Å². The van der Waals surface area contributed by atoms with E-state index in [4.69, 9.17) is 4.74 Å². The molecule has 1 aliphatic heterocycles. The Kier molecular flexibility index (Phi) is 9.10. The van der Waals surface area contributed by atoms with E-state index < -0.39 is 17.7 Å². The molecule has 0 radical (unpaired) electrons. The summed E-state index contributed by atoms with van der Waals surface area (Å²) in [4.78, 5) is 30.0. The van der Waals surface area contributed by atoms with Crippen molar-refractivity contribution in [1.29, 1.82) is 0 Å². The van der Waals surface area contributed by atoms with Crippen LogP contribution >= 0.6 is 0 Å². The van der Waals surface area contributed by atoms with Crippen LogP contribution in [0.1, 0.15) is 61.4 Å². The first-order valence-electron chi connectivity index (χ1n) is 12.5. The second kappa shape index (κ2) is 12.0. The van der Waals surface area contributed by atoms with E-state index in [1.165, 1.54) is 5.56 Å². The normalized spacial score (nSPS) is 17.4. The van der Waals surface area contributed by atoms with E-state index in [9.17, 15) is 14.7 Å². The fraction of sp³-hybridized carbons (Fsp3) is 0.448. The average molecular weight is 479 g/mol. The third-order valence-electron chi connectivity index (χ3n) is 6.45. The number of carbonyl (C=O) groups excluding carboxylic acids is 2. The van der Waals surface area contributed by atoms with Gasteiger partial charge in [-0.25, -0.2) is 0 Å². The predicted molar refractivity (Wildman–Crippen MR) is 140 cm³/mol. The largest absolute Gasteiger partial charge is 0.507 e. The van der Waals surface area contributed by atoms with E-state index in [1.807, 2.05) is 57.4 Å². The quantitative estimate of drug-likeness (QED) is 0.210. The first-order chi connectivity index (χ1) is 16.8. The maximum atomic E-state index is 13.2. The lowest BCUT2D eigenvalue weighted by Crippen LogP contribution is -2.32. The number of amides is 1. The summed E-state index contributed by atoms with van der Waals surface area (Å²) in [7, 11) is 3.96. The lowest BCUT2D eigenvalue weighted by molar-refractivity contribution is -0.139. The molecule has 0 unspecified atom stereocenters. The Morgan fingerprint density at radius 2 is 1.77 bits per heavy atom. The molecule has 2 aromatic rings. The summed E-state index contributed by atoms with van der Waals surface area (Å²) in [6, 6.07) is 12.7. The van der Waals surface area contributed by atoms with Gasteiger partial charge in [-0.15, -0.1) is 0 Å². The Morgan fingerprint density at radius 3 is 2.37 bits per heavy atom. The summed E-state index contributed by atoms with van der Waals surface area (Å²) in [6.45, 7) is 7.97. The van der Waals surface area contributed by atoms with Gasteiger partial charge >= 0.3 is 0 Å². The molecule has 6 heteroatoms. The minimum Gasteiger partial charge on any atom is -0.507 e. The minimum absolute atomic E-state index is 0.142. The highest BCUT2D eigenvalue weighted by Gasteiger charge is 2.45. The van der Waals surface area contributed by atoms with Crippen molar-refractivity contribution in [3.05, 3.63) is 70.3 Å². The molecular formula is C29H38N2O4. The monoisotopic (exact) mass is 478 g/mol. The Balaban J connectivity index is 2.02. The molecule has 1 aliphatic rings. The molecule has 0 spiro atoms. The standard InChI is InChI=1S/C29H38N2O4/c1-6-8-18-35-24-15-14-23(19-20(24)3)27(32)25-26(22-12-10-21(7-2)11-13-22)31(29(34)28(25)33)17-9-16-30(4)5/h10-15,19,26,32H,6-9,16-18H2,1-5H3/t26-/m1/s1. The van der Waals surface area contributed by atoms with Crippen LogP contribution in [0.3, 0.4) is 0 Å². The van der Waals surface area contributed by atoms with Crippen LogP contribution in [0.15, 0.2) is 48.0 Å². The molecule has 1 fully saturated rings. The molecule has 3 rings (SSSR count). The summed E-state index contributed by atoms with van der Waals surface area (Å²) in [5.41, 5.74) is 3.51. The highest BCUT2D eigenvalue weighted by atomic mass is 16.5. The van der Waals surface area contributed by atoms with Crippen LogP contribution in [0.5, 0.6) is 5.75 Å².